The molecule has 2 aliphatic heterocycles. The number of carboxylic acid groups (broad SMARTS) is 1. The van der Waals surface area contributed by atoms with Crippen LogP contribution in [0.2, 0.25) is 6.32 Å². The molecule has 0 aliphatic carbocycles. The molecule has 7 N–H and O–H groups in total. The van der Waals surface area contributed by atoms with E-state index in [4.69, 9.17) is 20.9 Å². The first-order chi connectivity index (χ1) is 14.1. The molecule has 2 aliphatic rings. The van der Waals surface area contributed by atoms with Crippen LogP contribution >= 0.6 is 0 Å². The van der Waals surface area contributed by atoms with E-state index in [2.05, 4.69) is 0 Å². The van der Waals surface area contributed by atoms with E-state index in [1.165, 1.54) is 11.0 Å². The predicted molar refractivity (Wildman–Crippen MR) is 105 cm³/mol. The van der Waals surface area contributed by atoms with E-state index in [-0.39, 0.29) is 61.6 Å². The number of hydrogen-bond donors (Lipinski definition) is 5. The van der Waals surface area contributed by atoms with Gasteiger partial charge in [0.2, 0.25) is 11.8 Å². The summed E-state index contributed by atoms with van der Waals surface area (Å²) in [6, 6.07) is 2.66. The normalized spacial score (nSPS) is 18.6. The van der Waals surface area contributed by atoms with Crippen LogP contribution in [0.25, 0.3) is 0 Å². The van der Waals surface area contributed by atoms with Crippen molar-refractivity contribution in [1.29, 1.82) is 0 Å². The van der Waals surface area contributed by atoms with Crippen molar-refractivity contribution in [3.05, 3.63) is 23.3 Å². The smallest absolute Gasteiger partial charge is 0.430 e. The number of fused-ring (bicyclic) bond motifs is 1. The van der Waals surface area contributed by atoms with Gasteiger partial charge < -0.3 is 40.9 Å². The van der Waals surface area contributed by atoms with Gasteiger partial charge in [0.1, 0.15) is 17.4 Å². The number of carbonyl (C=O) groups excluding carboxylic acids is 2. The van der Waals surface area contributed by atoms with E-state index in [9.17, 15) is 29.5 Å². The highest BCUT2D eigenvalue weighted by Gasteiger charge is 2.36. The van der Waals surface area contributed by atoms with Gasteiger partial charge in [-0.05, 0) is 24.5 Å². The largest absolute Gasteiger partial charge is 0.669 e. The zero-order valence-electron chi connectivity index (χ0n) is 16.3. The number of nitrogens with zero attached hydrogens (tertiary/aromatic N) is 1. The first kappa shape index (κ1) is 21.9. The van der Waals surface area contributed by atoms with Crippen molar-refractivity contribution >= 4 is 24.5 Å². The Kier molecular flexibility index (Phi) is 6.20. The number of carbonyl (C=O) groups is 3. The summed E-state index contributed by atoms with van der Waals surface area (Å²) in [6.07, 6.45) is 0.338. The minimum Gasteiger partial charge on any atom is -0.669 e. The van der Waals surface area contributed by atoms with E-state index in [1.54, 1.807) is 6.07 Å². The van der Waals surface area contributed by atoms with Crippen molar-refractivity contribution < 1.29 is 38.9 Å². The second kappa shape index (κ2) is 8.50. The summed E-state index contributed by atoms with van der Waals surface area (Å²) < 4.78 is 10.9. The van der Waals surface area contributed by atoms with Crippen LogP contribution in [-0.4, -0.2) is 69.8 Å². The van der Waals surface area contributed by atoms with E-state index in [0.29, 0.717) is 12.0 Å². The lowest BCUT2D eigenvalue weighted by atomic mass is 9.70. The first-order valence-electron chi connectivity index (χ1n) is 9.72. The summed E-state index contributed by atoms with van der Waals surface area (Å²) in [7, 11) is 0. The quantitative estimate of drug-likeness (QED) is 0.321. The lowest BCUT2D eigenvalue weighted by molar-refractivity contribution is -0.140. The monoisotopic (exact) mass is 422 g/mol. The lowest BCUT2D eigenvalue weighted by Gasteiger charge is -2.40. The van der Waals surface area contributed by atoms with E-state index >= 15 is 0 Å². The van der Waals surface area contributed by atoms with Crippen molar-refractivity contribution in [3.63, 3.8) is 0 Å². The summed E-state index contributed by atoms with van der Waals surface area (Å²) in [5.74, 6) is -2.05. The summed E-state index contributed by atoms with van der Waals surface area (Å²) in [4.78, 5) is 36.3. The maximum atomic E-state index is 12.2. The molecule has 0 saturated carbocycles. The molecule has 1 aromatic carbocycles. The fraction of sp³-hybridized carbons (Fsp3) is 0.500. The Labute approximate surface area is 172 Å². The zero-order valence-corrected chi connectivity index (χ0v) is 16.3. The molecule has 0 spiro atoms. The van der Waals surface area contributed by atoms with Crippen molar-refractivity contribution in [2.75, 3.05) is 13.1 Å². The Bertz CT molecular complexity index is 856. The molecule has 1 atom stereocenters. The van der Waals surface area contributed by atoms with Gasteiger partial charge in [0.25, 0.3) is 0 Å². The number of primary amides is 1. The van der Waals surface area contributed by atoms with Crippen LogP contribution in [0.3, 0.4) is 0 Å². The average molecular weight is 422 g/mol. The molecule has 11 nitrogen and oxygen atoms in total. The highest BCUT2D eigenvalue weighted by molar-refractivity contribution is 6.59. The Balaban J connectivity index is 1.60. The molecule has 3 rings (SSSR count). The number of nitrogens with two attached hydrogens (primary N) is 2. The van der Waals surface area contributed by atoms with Crippen molar-refractivity contribution in [2.45, 2.75) is 44.1 Å². The second-order valence-electron chi connectivity index (χ2n) is 7.75. The molecule has 0 radical (unpaired) electrons. The topological polar surface area (TPSA) is 186 Å². The van der Waals surface area contributed by atoms with Crippen molar-refractivity contribution in [1.82, 2.24) is 4.90 Å². The number of amides is 2. The van der Waals surface area contributed by atoms with Gasteiger partial charge >= 0.3 is 12.7 Å². The maximum absolute atomic E-state index is 12.2. The molecule has 1 aromatic rings. The molecule has 1 fully saturated rings. The molecule has 30 heavy (non-hydrogen) atoms. The van der Waals surface area contributed by atoms with Gasteiger partial charge in [-0.15, -0.1) is 0 Å². The molecular formula is C18H25BN3O8-. The number of aryl methyl sites for hydroxylation is 1. The number of rotatable bonds is 8. The third-order valence-electron chi connectivity index (χ3n) is 5.20. The zero-order chi connectivity index (χ0) is 22.1. The van der Waals surface area contributed by atoms with Crippen LogP contribution in [0, 0.1) is 0 Å². The van der Waals surface area contributed by atoms with E-state index < -0.39 is 30.8 Å². The number of hydrogen-bond acceptors (Lipinski definition) is 8. The average Bonchev–Trinajstić information content (AvgIpc) is 2.60. The predicted octanol–water partition coefficient (Wildman–Crippen LogP) is -1.18. The van der Waals surface area contributed by atoms with Gasteiger partial charge in [-0.25, -0.2) is 4.79 Å². The summed E-state index contributed by atoms with van der Waals surface area (Å²) in [5, 5.41) is 29.1. The lowest BCUT2D eigenvalue weighted by Crippen LogP contribution is -2.57. The maximum Gasteiger partial charge on any atom is 0.430 e. The third kappa shape index (κ3) is 5.01. The van der Waals surface area contributed by atoms with Crippen LogP contribution in [0.1, 0.15) is 35.2 Å². The Morgan fingerprint density at radius 1 is 1.30 bits per heavy atom. The first-order valence-corrected chi connectivity index (χ1v) is 9.72. The Morgan fingerprint density at radius 3 is 2.63 bits per heavy atom. The third-order valence-corrected chi connectivity index (χ3v) is 5.20. The fourth-order valence-corrected chi connectivity index (χ4v) is 3.51. The molecular weight excluding hydrogens is 397 g/mol. The van der Waals surface area contributed by atoms with Crippen LogP contribution in [-0.2, 0) is 16.0 Å². The minimum absolute atomic E-state index is 0.0203. The Morgan fingerprint density at radius 2 is 2.00 bits per heavy atom. The van der Waals surface area contributed by atoms with Crippen LogP contribution in [0.15, 0.2) is 12.1 Å². The highest BCUT2D eigenvalue weighted by Crippen LogP contribution is 2.39. The molecule has 1 unspecified atom stereocenters. The summed E-state index contributed by atoms with van der Waals surface area (Å²) in [6.45, 7) is -2.61. The summed E-state index contributed by atoms with van der Waals surface area (Å²) in [5.41, 5.74) is 11.2. The summed E-state index contributed by atoms with van der Waals surface area (Å²) >= 11 is 0. The van der Waals surface area contributed by atoms with Crippen molar-refractivity contribution in [3.8, 4) is 11.5 Å². The number of aromatic carboxylic acids is 1. The molecule has 0 bridgehead atoms. The van der Waals surface area contributed by atoms with Crippen LogP contribution in [0.4, 0.5) is 0 Å². The molecule has 2 amide bonds. The van der Waals surface area contributed by atoms with Gasteiger partial charge in [0.05, 0.1) is 18.8 Å². The van der Waals surface area contributed by atoms with Crippen LogP contribution < -0.4 is 20.9 Å². The fourth-order valence-electron chi connectivity index (χ4n) is 3.51. The Hall–Kier alpha value is -2.83. The van der Waals surface area contributed by atoms with Gasteiger partial charge in [0, 0.05) is 18.9 Å². The number of ether oxygens (including phenoxy) is 1. The van der Waals surface area contributed by atoms with E-state index in [0.717, 1.165) is 0 Å². The SMILES string of the molecule is NC(=O)CCC(N)CC(=O)N1CC(Oc2ccc3c(c2C(=O)O)O[B-](O)(O)CC3)C1. The standard InChI is InChI=1S/C18H25BN3O8/c20-11(2-4-14(21)23)7-15(24)22-8-12(9-22)29-13-3-1-10-5-6-19(27,28)30-17(10)16(13)18(25)26/h1,3,11-12,27-28H,2,4-9,20H2,(H2,21,23)(H,25,26)/q-1. The van der Waals surface area contributed by atoms with Gasteiger partial charge in [-0.3, -0.25) is 9.59 Å². The van der Waals surface area contributed by atoms with Gasteiger partial charge in [-0.2, -0.15) is 0 Å². The molecule has 12 heteroatoms. The molecule has 0 aromatic heterocycles. The highest BCUT2D eigenvalue weighted by atomic mass is 16.6. The van der Waals surface area contributed by atoms with Gasteiger partial charge in [0.15, 0.2) is 0 Å². The molecule has 164 valence electrons. The van der Waals surface area contributed by atoms with Crippen LogP contribution in [0.5, 0.6) is 11.5 Å². The van der Waals surface area contributed by atoms with Gasteiger partial charge in [-0.1, -0.05) is 12.4 Å². The molecule has 2 heterocycles. The number of benzene rings is 1. The molecule has 1 saturated heterocycles. The second-order valence-corrected chi connectivity index (χ2v) is 7.75. The number of likely N-dealkylation sites (tertiary alicyclic amines) is 1. The minimum atomic E-state index is -3.12. The van der Waals surface area contributed by atoms with Crippen molar-refractivity contribution in [2.24, 2.45) is 11.5 Å². The number of carboxylic acids is 1. The van der Waals surface area contributed by atoms with E-state index in [1.807, 2.05) is 0 Å².